The number of hydrogen-bond acceptors (Lipinski definition) is 3. The minimum atomic E-state index is -1.73. The molecule has 0 saturated carbocycles. The van der Waals surface area contributed by atoms with E-state index in [-0.39, 0.29) is 17.9 Å². The van der Waals surface area contributed by atoms with Gasteiger partial charge in [0.15, 0.2) is 8.32 Å². The average molecular weight is 304 g/mol. The predicted octanol–water partition coefficient (Wildman–Crippen LogP) is 3.12. The van der Waals surface area contributed by atoms with Crippen LogP contribution in [0.2, 0.25) is 19.6 Å². The zero-order valence-electron chi connectivity index (χ0n) is 13.1. The Morgan fingerprint density at radius 2 is 1.67 bits per heavy atom. The number of fused-ring (bicyclic) bond motifs is 1. The summed E-state index contributed by atoms with van der Waals surface area (Å²) in [6.07, 6.45) is 2.68. The highest BCUT2D eigenvalue weighted by molar-refractivity contribution is 6.69. The quantitative estimate of drug-likeness (QED) is 0.599. The Morgan fingerprint density at radius 1 is 1.14 bits per heavy atom. The van der Waals surface area contributed by atoms with E-state index in [1.807, 2.05) is 13.3 Å². The zero-order valence-corrected chi connectivity index (χ0v) is 14.1. The fourth-order valence-electron chi connectivity index (χ4n) is 2.46. The molecule has 1 unspecified atom stereocenters. The SMILES string of the molecule is CC[CH]C(CN1C(=O)c2ccccc2C1=O)O[Si](C)(C)C. The third-order valence-electron chi connectivity index (χ3n) is 3.24. The standard InChI is InChI=1S/C16H22NO3Si/c1-5-8-12(20-21(2,3)4)11-17-15(18)13-9-6-7-10-14(13)16(17)19/h6-10,12H,5,11H2,1-4H3. The summed E-state index contributed by atoms with van der Waals surface area (Å²) >= 11 is 0. The van der Waals surface area contributed by atoms with Gasteiger partial charge in [-0.15, -0.1) is 0 Å². The molecule has 2 amide bonds. The first-order chi connectivity index (χ1) is 9.83. The predicted molar refractivity (Wildman–Crippen MR) is 84.6 cm³/mol. The smallest absolute Gasteiger partial charge is 0.261 e. The number of imide groups is 1. The van der Waals surface area contributed by atoms with Gasteiger partial charge in [0.2, 0.25) is 0 Å². The molecule has 0 spiro atoms. The van der Waals surface area contributed by atoms with Crippen molar-refractivity contribution in [1.82, 2.24) is 4.90 Å². The maximum absolute atomic E-state index is 12.4. The molecule has 0 fully saturated rings. The van der Waals surface area contributed by atoms with Crippen LogP contribution in [0.4, 0.5) is 0 Å². The molecule has 1 aromatic carbocycles. The molecule has 0 aliphatic carbocycles. The molecule has 1 heterocycles. The van der Waals surface area contributed by atoms with Gasteiger partial charge in [0.1, 0.15) is 0 Å². The molecule has 21 heavy (non-hydrogen) atoms. The normalized spacial score (nSPS) is 16.3. The third-order valence-corrected chi connectivity index (χ3v) is 4.25. The lowest BCUT2D eigenvalue weighted by molar-refractivity contribution is 0.0586. The summed E-state index contributed by atoms with van der Waals surface area (Å²) < 4.78 is 6.07. The molecule has 0 N–H and O–H groups in total. The maximum Gasteiger partial charge on any atom is 0.261 e. The summed E-state index contributed by atoms with van der Waals surface area (Å²) in [6, 6.07) is 6.96. The highest BCUT2D eigenvalue weighted by Crippen LogP contribution is 2.24. The lowest BCUT2D eigenvalue weighted by Crippen LogP contribution is -2.42. The summed E-state index contributed by atoms with van der Waals surface area (Å²) in [7, 11) is -1.73. The first-order valence-electron chi connectivity index (χ1n) is 7.30. The minimum Gasteiger partial charge on any atom is -0.413 e. The van der Waals surface area contributed by atoms with Gasteiger partial charge in [0.05, 0.1) is 23.8 Å². The van der Waals surface area contributed by atoms with Crippen LogP contribution in [0.5, 0.6) is 0 Å². The molecule has 1 aliphatic heterocycles. The van der Waals surface area contributed by atoms with E-state index in [4.69, 9.17) is 4.43 Å². The van der Waals surface area contributed by atoms with Crippen molar-refractivity contribution in [2.24, 2.45) is 0 Å². The van der Waals surface area contributed by atoms with Gasteiger partial charge in [-0.1, -0.05) is 25.5 Å². The van der Waals surface area contributed by atoms with Gasteiger partial charge in [-0.25, -0.2) is 0 Å². The number of carbonyl (C=O) groups is 2. The van der Waals surface area contributed by atoms with Crippen molar-refractivity contribution in [3.8, 4) is 0 Å². The van der Waals surface area contributed by atoms with Crippen molar-refractivity contribution in [1.29, 1.82) is 0 Å². The fourth-order valence-corrected chi connectivity index (χ4v) is 3.54. The lowest BCUT2D eigenvalue weighted by Gasteiger charge is -2.28. The van der Waals surface area contributed by atoms with Gasteiger partial charge in [-0.3, -0.25) is 14.5 Å². The Morgan fingerprint density at radius 3 is 2.10 bits per heavy atom. The van der Waals surface area contributed by atoms with Crippen LogP contribution in [0.3, 0.4) is 0 Å². The average Bonchev–Trinajstić information content (AvgIpc) is 2.63. The zero-order chi connectivity index (χ0) is 15.6. The maximum atomic E-state index is 12.4. The largest absolute Gasteiger partial charge is 0.413 e. The molecule has 0 aromatic heterocycles. The molecule has 1 aliphatic rings. The van der Waals surface area contributed by atoms with Gasteiger partial charge in [-0.05, 0) is 38.2 Å². The summed E-state index contributed by atoms with van der Waals surface area (Å²) in [5.74, 6) is -0.437. The summed E-state index contributed by atoms with van der Waals surface area (Å²) in [4.78, 5) is 26.0. The van der Waals surface area contributed by atoms with E-state index in [9.17, 15) is 9.59 Å². The Bertz CT molecular complexity index is 516. The number of amides is 2. The van der Waals surface area contributed by atoms with Gasteiger partial charge in [0.25, 0.3) is 11.8 Å². The first kappa shape index (κ1) is 15.9. The van der Waals surface area contributed by atoms with Crippen molar-refractivity contribution in [2.75, 3.05) is 6.54 Å². The molecule has 1 aromatic rings. The van der Waals surface area contributed by atoms with Crippen molar-refractivity contribution < 1.29 is 14.0 Å². The molecule has 2 rings (SSSR count). The van der Waals surface area contributed by atoms with Gasteiger partial charge in [0, 0.05) is 0 Å². The van der Waals surface area contributed by atoms with Gasteiger partial charge < -0.3 is 4.43 Å². The monoisotopic (exact) mass is 304 g/mol. The molecular weight excluding hydrogens is 282 g/mol. The van der Waals surface area contributed by atoms with Crippen molar-refractivity contribution in [3.63, 3.8) is 0 Å². The van der Waals surface area contributed by atoms with Crippen LogP contribution in [0.1, 0.15) is 34.1 Å². The lowest BCUT2D eigenvalue weighted by atomic mass is 10.1. The van der Waals surface area contributed by atoms with Crippen LogP contribution in [0, 0.1) is 6.42 Å². The second-order valence-corrected chi connectivity index (χ2v) is 10.6. The highest BCUT2D eigenvalue weighted by Gasteiger charge is 2.37. The van der Waals surface area contributed by atoms with Crippen LogP contribution in [0.15, 0.2) is 24.3 Å². The van der Waals surface area contributed by atoms with E-state index in [0.717, 1.165) is 6.42 Å². The highest BCUT2D eigenvalue weighted by atomic mass is 28.4. The van der Waals surface area contributed by atoms with Crippen LogP contribution in [-0.2, 0) is 4.43 Å². The minimum absolute atomic E-state index is 0.191. The Hall–Kier alpha value is -1.46. The first-order valence-corrected chi connectivity index (χ1v) is 10.7. The van der Waals surface area contributed by atoms with Crippen molar-refractivity contribution >= 4 is 20.1 Å². The number of rotatable bonds is 6. The van der Waals surface area contributed by atoms with E-state index in [2.05, 4.69) is 19.6 Å². The molecule has 113 valence electrons. The number of carbonyl (C=O) groups excluding carboxylic acids is 2. The Balaban J connectivity index is 2.15. The van der Waals surface area contributed by atoms with Gasteiger partial charge in [-0.2, -0.15) is 0 Å². The second kappa shape index (κ2) is 6.11. The number of benzene rings is 1. The number of hydrogen-bond donors (Lipinski definition) is 0. The van der Waals surface area contributed by atoms with E-state index < -0.39 is 8.32 Å². The topological polar surface area (TPSA) is 46.6 Å². The van der Waals surface area contributed by atoms with Crippen LogP contribution in [-0.4, -0.2) is 37.7 Å². The molecule has 4 nitrogen and oxygen atoms in total. The fraction of sp³-hybridized carbons (Fsp3) is 0.438. The summed E-state index contributed by atoms with van der Waals surface area (Å²) in [5, 5.41) is 0. The van der Waals surface area contributed by atoms with E-state index in [1.54, 1.807) is 24.3 Å². The van der Waals surface area contributed by atoms with Crippen molar-refractivity contribution in [3.05, 3.63) is 41.8 Å². The third kappa shape index (κ3) is 3.60. The summed E-state index contributed by atoms with van der Waals surface area (Å²) in [6.45, 7) is 8.64. The Kier molecular flexibility index (Phi) is 4.63. The van der Waals surface area contributed by atoms with E-state index in [0.29, 0.717) is 17.7 Å². The number of nitrogens with zero attached hydrogens (tertiary/aromatic N) is 1. The van der Waals surface area contributed by atoms with E-state index in [1.165, 1.54) is 4.90 Å². The van der Waals surface area contributed by atoms with Crippen molar-refractivity contribution in [2.45, 2.75) is 39.1 Å². The summed E-state index contributed by atoms with van der Waals surface area (Å²) in [5.41, 5.74) is 0.983. The van der Waals surface area contributed by atoms with Crippen LogP contribution < -0.4 is 0 Å². The Labute approximate surface area is 127 Å². The molecule has 0 bridgehead atoms. The van der Waals surface area contributed by atoms with Crippen LogP contribution >= 0.6 is 0 Å². The molecule has 5 heteroatoms. The second-order valence-electron chi connectivity index (χ2n) is 6.18. The molecule has 1 atom stereocenters. The van der Waals surface area contributed by atoms with Gasteiger partial charge >= 0.3 is 0 Å². The van der Waals surface area contributed by atoms with E-state index >= 15 is 0 Å². The molecule has 1 radical (unpaired) electrons. The van der Waals surface area contributed by atoms with Crippen LogP contribution in [0.25, 0.3) is 0 Å². The molecule has 0 saturated heterocycles. The molecular formula is C16H22NO3Si.